The molecule has 0 aromatic heterocycles. The molecule has 0 atom stereocenters. The molecule has 0 bridgehead atoms. The van der Waals surface area contributed by atoms with E-state index in [1.165, 1.54) is 0 Å². The number of benzene rings is 1. The lowest BCUT2D eigenvalue weighted by Crippen LogP contribution is -2.16. The van der Waals surface area contributed by atoms with Crippen LogP contribution in [0.25, 0.3) is 6.08 Å². The van der Waals surface area contributed by atoms with Gasteiger partial charge in [0.15, 0.2) is 11.5 Å². The highest BCUT2D eigenvalue weighted by Gasteiger charge is 2.28. The molecule has 0 spiro atoms. The Morgan fingerprint density at radius 3 is 2.47 bits per heavy atom. The standard InChI is InChI=1S/C15H19NO3/c16-7-1-4-10-11-5-2-9-19-15(11)13(17)12-6-3-8-18-14(10)12/h1,4,17H,2-3,5-9,16H2/b4-1+. The predicted octanol–water partition coefficient (Wildman–Crippen LogP) is 2.01. The highest BCUT2D eigenvalue weighted by molar-refractivity contribution is 5.72. The number of hydrogen-bond donors (Lipinski definition) is 2. The number of hydrogen-bond acceptors (Lipinski definition) is 4. The van der Waals surface area contributed by atoms with Crippen LogP contribution in [-0.2, 0) is 12.8 Å². The molecule has 1 aromatic rings. The summed E-state index contributed by atoms with van der Waals surface area (Å²) in [6.07, 6.45) is 7.55. The summed E-state index contributed by atoms with van der Waals surface area (Å²) in [5, 5.41) is 10.4. The van der Waals surface area contributed by atoms with Gasteiger partial charge >= 0.3 is 0 Å². The Bertz CT molecular complexity index is 486. The fourth-order valence-corrected chi connectivity index (χ4v) is 2.82. The first-order chi connectivity index (χ1) is 9.33. The first kappa shape index (κ1) is 12.4. The molecule has 4 heteroatoms. The molecule has 3 rings (SSSR count). The average molecular weight is 261 g/mol. The van der Waals surface area contributed by atoms with E-state index in [4.69, 9.17) is 15.2 Å². The molecule has 4 nitrogen and oxygen atoms in total. The van der Waals surface area contributed by atoms with Crippen LogP contribution in [0, 0.1) is 0 Å². The maximum Gasteiger partial charge on any atom is 0.165 e. The topological polar surface area (TPSA) is 64.7 Å². The molecule has 1 aromatic carbocycles. The van der Waals surface area contributed by atoms with Crippen LogP contribution >= 0.6 is 0 Å². The summed E-state index contributed by atoms with van der Waals surface area (Å²) in [5.41, 5.74) is 8.51. The maximum absolute atomic E-state index is 10.4. The molecule has 2 heterocycles. The van der Waals surface area contributed by atoms with Gasteiger partial charge in [-0.15, -0.1) is 0 Å². The van der Waals surface area contributed by atoms with Crippen LogP contribution in [0.5, 0.6) is 17.2 Å². The molecule has 102 valence electrons. The van der Waals surface area contributed by atoms with Crippen molar-refractivity contribution in [1.82, 2.24) is 0 Å². The van der Waals surface area contributed by atoms with Gasteiger partial charge in [0.05, 0.1) is 13.2 Å². The zero-order chi connectivity index (χ0) is 13.2. The van der Waals surface area contributed by atoms with Crippen molar-refractivity contribution in [3.8, 4) is 17.2 Å². The number of phenolic OH excluding ortho intramolecular Hbond substituents is 1. The lowest BCUT2D eigenvalue weighted by atomic mass is 9.92. The van der Waals surface area contributed by atoms with E-state index < -0.39 is 0 Å². The van der Waals surface area contributed by atoms with Gasteiger partial charge in [0.25, 0.3) is 0 Å². The molecule has 0 amide bonds. The summed E-state index contributed by atoms with van der Waals surface area (Å²) in [6, 6.07) is 0. The highest BCUT2D eigenvalue weighted by atomic mass is 16.5. The lowest BCUT2D eigenvalue weighted by Gasteiger charge is -2.27. The number of fused-ring (bicyclic) bond motifs is 2. The molecule has 19 heavy (non-hydrogen) atoms. The van der Waals surface area contributed by atoms with E-state index in [0.717, 1.165) is 48.1 Å². The van der Waals surface area contributed by atoms with Crippen LogP contribution in [0.4, 0.5) is 0 Å². The molecule has 0 radical (unpaired) electrons. The Hall–Kier alpha value is -1.68. The fraction of sp³-hybridized carbons (Fsp3) is 0.467. The number of nitrogens with two attached hydrogens (primary N) is 1. The lowest BCUT2D eigenvalue weighted by molar-refractivity contribution is 0.256. The van der Waals surface area contributed by atoms with E-state index in [0.29, 0.717) is 25.5 Å². The second-order valence-corrected chi connectivity index (χ2v) is 4.92. The van der Waals surface area contributed by atoms with Crippen molar-refractivity contribution in [3.05, 3.63) is 22.8 Å². The highest BCUT2D eigenvalue weighted by Crippen LogP contribution is 2.47. The Morgan fingerprint density at radius 1 is 1.05 bits per heavy atom. The van der Waals surface area contributed by atoms with Crippen molar-refractivity contribution in [1.29, 1.82) is 0 Å². The van der Waals surface area contributed by atoms with Gasteiger partial charge in [-0.05, 0) is 25.7 Å². The predicted molar refractivity (Wildman–Crippen MR) is 73.8 cm³/mol. The number of aromatic hydroxyl groups is 1. The zero-order valence-corrected chi connectivity index (χ0v) is 10.9. The van der Waals surface area contributed by atoms with Crippen molar-refractivity contribution >= 4 is 6.08 Å². The molecule has 0 saturated carbocycles. The Kier molecular flexibility index (Phi) is 3.34. The summed E-state index contributed by atoms with van der Waals surface area (Å²) >= 11 is 0. The van der Waals surface area contributed by atoms with Crippen molar-refractivity contribution in [2.24, 2.45) is 5.73 Å². The molecular weight excluding hydrogens is 242 g/mol. The van der Waals surface area contributed by atoms with Gasteiger partial charge in [-0.2, -0.15) is 0 Å². The molecule has 0 saturated heterocycles. The van der Waals surface area contributed by atoms with Crippen LogP contribution in [0.1, 0.15) is 29.5 Å². The normalized spacial score (nSPS) is 17.5. The van der Waals surface area contributed by atoms with E-state index in [2.05, 4.69) is 0 Å². The molecule has 3 N–H and O–H groups in total. The van der Waals surface area contributed by atoms with Crippen molar-refractivity contribution in [2.45, 2.75) is 25.7 Å². The minimum atomic E-state index is 0.272. The molecular formula is C15H19NO3. The van der Waals surface area contributed by atoms with Gasteiger partial charge in [0, 0.05) is 23.2 Å². The molecule has 0 fully saturated rings. The van der Waals surface area contributed by atoms with E-state index in [1.54, 1.807) is 0 Å². The summed E-state index contributed by atoms with van der Waals surface area (Å²) in [5.74, 6) is 1.74. The van der Waals surface area contributed by atoms with Crippen LogP contribution in [0.2, 0.25) is 0 Å². The molecule has 2 aliphatic rings. The second kappa shape index (κ2) is 5.13. The fourth-order valence-electron chi connectivity index (χ4n) is 2.82. The van der Waals surface area contributed by atoms with Gasteiger partial charge in [0.1, 0.15) is 5.75 Å². The van der Waals surface area contributed by atoms with E-state index in [9.17, 15) is 5.11 Å². The van der Waals surface area contributed by atoms with Crippen LogP contribution in [0.15, 0.2) is 6.08 Å². The van der Waals surface area contributed by atoms with Crippen molar-refractivity contribution in [3.63, 3.8) is 0 Å². The van der Waals surface area contributed by atoms with Gasteiger partial charge in [-0.25, -0.2) is 0 Å². The van der Waals surface area contributed by atoms with E-state index in [-0.39, 0.29) is 5.75 Å². The SMILES string of the molecule is NC/C=C/c1c2c(c(O)c3c1OCCC3)OCCC2. The number of ether oxygens (including phenoxy) is 2. The summed E-state index contributed by atoms with van der Waals surface area (Å²) in [7, 11) is 0. The van der Waals surface area contributed by atoms with Crippen molar-refractivity contribution < 1.29 is 14.6 Å². The van der Waals surface area contributed by atoms with Crippen molar-refractivity contribution in [2.75, 3.05) is 19.8 Å². The Balaban J connectivity index is 2.21. The van der Waals surface area contributed by atoms with Gasteiger partial charge in [-0.3, -0.25) is 0 Å². The number of rotatable bonds is 2. The molecule has 2 aliphatic heterocycles. The minimum absolute atomic E-state index is 0.272. The smallest absolute Gasteiger partial charge is 0.165 e. The first-order valence-electron chi connectivity index (χ1n) is 6.85. The summed E-state index contributed by atoms with van der Waals surface area (Å²) < 4.78 is 11.5. The Morgan fingerprint density at radius 2 is 1.74 bits per heavy atom. The monoisotopic (exact) mass is 261 g/mol. The van der Waals surface area contributed by atoms with Gasteiger partial charge in [0.2, 0.25) is 0 Å². The molecule has 0 unspecified atom stereocenters. The quantitative estimate of drug-likeness (QED) is 0.854. The third kappa shape index (κ3) is 2.06. The first-order valence-corrected chi connectivity index (χ1v) is 6.85. The van der Waals surface area contributed by atoms with Crippen LogP contribution in [0.3, 0.4) is 0 Å². The van der Waals surface area contributed by atoms with E-state index >= 15 is 0 Å². The number of phenols is 1. The van der Waals surface area contributed by atoms with E-state index in [1.807, 2.05) is 12.2 Å². The molecule has 0 aliphatic carbocycles. The summed E-state index contributed by atoms with van der Waals surface area (Å²) in [6.45, 7) is 1.86. The van der Waals surface area contributed by atoms with Gasteiger partial charge < -0.3 is 20.3 Å². The van der Waals surface area contributed by atoms with Gasteiger partial charge in [-0.1, -0.05) is 12.2 Å². The Labute approximate surface area is 112 Å². The third-order valence-electron chi connectivity index (χ3n) is 3.67. The third-order valence-corrected chi connectivity index (χ3v) is 3.67. The summed E-state index contributed by atoms with van der Waals surface area (Å²) in [4.78, 5) is 0. The van der Waals surface area contributed by atoms with Crippen LogP contribution in [-0.4, -0.2) is 24.9 Å². The maximum atomic E-state index is 10.4. The minimum Gasteiger partial charge on any atom is -0.504 e. The average Bonchev–Trinajstić information content (AvgIpc) is 2.47. The zero-order valence-electron chi connectivity index (χ0n) is 10.9. The van der Waals surface area contributed by atoms with Crippen LogP contribution < -0.4 is 15.2 Å². The largest absolute Gasteiger partial charge is 0.504 e. The second-order valence-electron chi connectivity index (χ2n) is 4.92.